The van der Waals surface area contributed by atoms with Crippen LogP contribution >= 0.6 is 0 Å². The van der Waals surface area contributed by atoms with Gasteiger partial charge in [0, 0.05) is 28.9 Å². The third kappa shape index (κ3) is 9.41. The van der Waals surface area contributed by atoms with Crippen molar-refractivity contribution in [2.75, 3.05) is 24.7 Å². The lowest BCUT2D eigenvalue weighted by Crippen LogP contribution is -2.22. The normalized spacial score (nSPS) is 22.1. The molecule has 0 aromatic heterocycles. The minimum Gasteiger partial charge on any atom is -0.493 e. The molecule has 0 radical (unpaired) electrons. The first kappa shape index (κ1) is 37.3. The second kappa shape index (κ2) is 17.4. The molecule has 6 unspecified atom stereocenters. The fourth-order valence-corrected chi connectivity index (χ4v) is 8.29. The number of benzene rings is 5. The maximum Gasteiger partial charge on any atom is 0.119 e. The van der Waals surface area contributed by atoms with Crippen LogP contribution in [-0.2, 0) is 20.6 Å². The summed E-state index contributed by atoms with van der Waals surface area (Å²) in [7, 11) is 0. The van der Waals surface area contributed by atoms with E-state index in [0.717, 1.165) is 66.4 Å². The van der Waals surface area contributed by atoms with Crippen LogP contribution in [0.25, 0.3) is 11.6 Å². The van der Waals surface area contributed by atoms with Crippen molar-refractivity contribution in [1.82, 2.24) is 0 Å². The van der Waals surface area contributed by atoms with Gasteiger partial charge in [-0.2, -0.15) is 0 Å². The number of rotatable bonds is 17. The molecule has 0 amide bonds. The number of aryl methyl sites for hydroxylation is 1. The first-order valence-electron chi connectivity index (χ1n) is 20.5. The summed E-state index contributed by atoms with van der Waals surface area (Å²) < 4.78 is 24.0. The number of anilines is 3. The highest BCUT2D eigenvalue weighted by atomic mass is 16.6. The summed E-state index contributed by atoms with van der Waals surface area (Å²) >= 11 is 0. The summed E-state index contributed by atoms with van der Waals surface area (Å²) in [4.78, 5) is 2.33. The van der Waals surface area contributed by atoms with E-state index in [1.807, 2.05) is 0 Å². The Kier molecular flexibility index (Phi) is 11.8. The second-order valence-electron chi connectivity index (χ2n) is 15.7. The van der Waals surface area contributed by atoms with Crippen molar-refractivity contribution in [2.24, 2.45) is 11.8 Å². The Hall–Kier alpha value is -4.68. The Balaban J connectivity index is 0.979. The van der Waals surface area contributed by atoms with E-state index in [0.29, 0.717) is 42.9 Å². The van der Waals surface area contributed by atoms with Crippen LogP contribution in [0.15, 0.2) is 127 Å². The summed E-state index contributed by atoms with van der Waals surface area (Å²) in [6.07, 6.45) is 10.8. The third-order valence-corrected chi connectivity index (χ3v) is 11.6. The van der Waals surface area contributed by atoms with Gasteiger partial charge in [0.25, 0.3) is 0 Å². The Bertz CT molecular complexity index is 1990. The van der Waals surface area contributed by atoms with Crippen LogP contribution in [-0.4, -0.2) is 44.2 Å². The van der Waals surface area contributed by atoms with E-state index < -0.39 is 0 Å². The Labute approximate surface area is 327 Å². The number of ether oxygens (including phenoxy) is 4. The van der Waals surface area contributed by atoms with E-state index in [1.165, 1.54) is 41.5 Å². The maximum atomic E-state index is 6.28. The molecule has 3 aliphatic rings. The zero-order valence-corrected chi connectivity index (χ0v) is 32.6. The Morgan fingerprint density at radius 1 is 0.782 bits per heavy atom. The van der Waals surface area contributed by atoms with E-state index in [-0.39, 0.29) is 0 Å². The SMILES string of the molecule is CCCC(COc1ccc(C(=Cc2ccc(N(c3ccc(C)cc3)c3ccc(CCOCC4CCCC5OC45)cc3)cc2)c2ccccc2)cc1)C1OC1C. The molecule has 2 aliphatic heterocycles. The summed E-state index contributed by atoms with van der Waals surface area (Å²) in [6.45, 7) is 8.76. The number of fused-ring (bicyclic) bond motifs is 1. The minimum atomic E-state index is 0.329. The molecule has 1 saturated carbocycles. The molecule has 2 heterocycles. The molecule has 0 N–H and O–H groups in total. The topological polar surface area (TPSA) is 46.8 Å². The Morgan fingerprint density at radius 2 is 1.44 bits per heavy atom. The first-order chi connectivity index (χ1) is 27.0. The zero-order valence-electron chi connectivity index (χ0n) is 32.6. The molecular weight excluding hydrogens is 679 g/mol. The summed E-state index contributed by atoms with van der Waals surface area (Å²) in [5, 5.41) is 0. The average molecular weight is 734 g/mol. The van der Waals surface area contributed by atoms with Gasteiger partial charge < -0.3 is 23.8 Å². The van der Waals surface area contributed by atoms with E-state index in [2.05, 4.69) is 159 Å². The molecule has 1 aliphatic carbocycles. The highest BCUT2D eigenvalue weighted by Crippen LogP contribution is 2.41. The van der Waals surface area contributed by atoms with Gasteiger partial charge in [-0.05, 0) is 122 Å². The molecule has 2 saturated heterocycles. The highest BCUT2D eigenvalue weighted by Gasteiger charge is 2.47. The molecule has 5 nitrogen and oxygen atoms in total. The van der Waals surface area contributed by atoms with Gasteiger partial charge in [0.2, 0.25) is 0 Å². The third-order valence-electron chi connectivity index (χ3n) is 11.6. The lowest BCUT2D eigenvalue weighted by Gasteiger charge is -2.26. The van der Waals surface area contributed by atoms with Crippen LogP contribution < -0.4 is 9.64 Å². The molecular formula is C50H55NO4. The molecule has 6 atom stereocenters. The van der Waals surface area contributed by atoms with Crippen molar-refractivity contribution < 1.29 is 18.9 Å². The molecule has 284 valence electrons. The van der Waals surface area contributed by atoms with Crippen molar-refractivity contribution in [1.29, 1.82) is 0 Å². The lowest BCUT2D eigenvalue weighted by molar-refractivity contribution is 0.0853. The van der Waals surface area contributed by atoms with Gasteiger partial charge in [0.1, 0.15) is 5.75 Å². The smallest absolute Gasteiger partial charge is 0.119 e. The molecule has 0 bridgehead atoms. The van der Waals surface area contributed by atoms with Gasteiger partial charge in [-0.3, -0.25) is 0 Å². The fourth-order valence-electron chi connectivity index (χ4n) is 8.29. The van der Waals surface area contributed by atoms with Crippen LogP contribution in [0.3, 0.4) is 0 Å². The van der Waals surface area contributed by atoms with Gasteiger partial charge >= 0.3 is 0 Å². The van der Waals surface area contributed by atoms with Gasteiger partial charge in [0.05, 0.1) is 44.2 Å². The predicted molar refractivity (Wildman–Crippen MR) is 224 cm³/mol. The second-order valence-corrected chi connectivity index (χ2v) is 15.7. The largest absolute Gasteiger partial charge is 0.493 e. The van der Waals surface area contributed by atoms with Gasteiger partial charge in [-0.15, -0.1) is 0 Å². The van der Waals surface area contributed by atoms with Crippen molar-refractivity contribution in [3.63, 3.8) is 0 Å². The minimum absolute atomic E-state index is 0.329. The van der Waals surface area contributed by atoms with Crippen molar-refractivity contribution in [3.05, 3.63) is 155 Å². The number of nitrogens with zero attached hydrogens (tertiary/aromatic N) is 1. The quantitative estimate of drug-likeness (QED) is 0.0541. The standard InChI is InChI=1S/C50H55NO4/c1-4-9-41(49-36(3)54-49)34-53-46-28-20-40(21-29-46)47(39-10-6-5-7-11-39)32-38-18-26-45(27-19-38)51(43-22-14-35(2)15-23-43)44-24-16-37(17-25-44)30-31-52-33-42-12-8-13-48-50(42)55-48/h5-7,10-11,14-29,32,36,41-42,48-50H,4,8-9,12-13,30-31,33-34H2,1-3H3. The number of epoxide rings is 2. The average Bonchev–Trinajstić information content (AvgIpc) is 4.16. The predicted octanol–water partition coefficient (Wildman–Crippen LogP) is 11.8. The van der Waals surface area contributed by atoms with Crippen molar-refractivity contribution >= 4 is 28.7 Å². The molecule has 55 heavy (non-hydrogen) atoms. The number of hydrogen-bond acceptors (Lipinski definition) is 5. The van der Waals surface area contributed by atoms with Crippen LogP contribution in [0.5, 0.6) is 5.75 Å². The molecule has 5 heteroatoms. The fraction of sp³-hybridized carbons (Fsp3) is 0.360. The summed E-state index contributed by atoms with van der Waals surface area (Å²) in [5.41, 5.74) is 10.5. The van der Waals surface area contributed by atoms with E-state index in [1.54, 1.807) is 0 Å². The summed E-state index contributed by atoms with van der Waals surface area (Å²) in [5.74, 6) is 1.91. The highest BCUT2D eigenvalue weighted by molar-refractivity contribution is 5.92. The van der Waals surface area contributed by atoms with E-state index in [9.17, 15) is 0 Å². The van der Waals surface area contributed by atoms with Gasteiger partial charge in [0.15, 0.2) is 0 Å². The monoisotopic (exact) mass is 733 g/mol. The van der Waals surface area contributed by atoms with Crippen LogP contribution in [0.1, 0.15) is 73.8 Å². The van der Waals surface area contributed by atoms with Crippen molar-refractivity contribution in [3.8, 4) is 5.75 Å². The number of hydrogen-bond donors (Lipinski definition) is 0. The van der Waals surface area contributed by atoms with Crippen LogP contribution in [0.2, 0.25) is 0 Å². The summed E-state index contributed by atoms with van der Waals surface area (Å²) in [6, 6.07) is 45.8. The van der Waals surface area contributed by atoms with E-state index >= 15 is 0 Å². The van der Waals surface area contributed by atoms with Crippen molar-refractivity contribution in [2.45, 2.75) is 83.7 Å². The molecule has 5 aromatic carbocycles. The molecule has 3 fully saturated rings. The first-order valence-corrected chi connectivity index (χ1v) is 20.5. The van der Waals surface area contributed by atoms with Gasteiger partial charge in [-0.25, -0.2) is 0 Å². The molecule has 5 aromatic rings. The Morgan fingerprint density at radius 3 is 2.11 bits per heavy atom. The lowest BCUT2D eigenvalue weighted by atomic mass is 9.90. The maximum absolute atomic E-state index is 6.28. The van der Waals surface area contributed by atoms with Crippen LogP contribution in [0.4, 0.5) is 17.1 Å². The zero-order chi connectivity index (χ0) is 37.6. The molecule has 8 rings (SSSR count). The van der Waals surface area contributed by atoms with E-state index in [4.69, 9.17) is 18.9 Å². The van der Waals surface area contributed by atoms with Gasteiger partial charge in [-0.1, -0.05) is 104 Å². The molecule has 0 spiro atoms. The van der Waals surface area contributed by atoms with Crippen LogP contribution in [0, 0.1) is 18.8 Å².